The van der Waals surface area contributed by atoms with Crippen LogP contribution in [0.3, 0.4) is 0 Å². The highest BCUT2D eigenvalue weighted by Crippen LogP contribution is 2.31. The van der Waals surface area contributed by atoms with Crippen LogP contribution < -0.4 is 0 Å². The van der Waals surface area contributed by atoms with Crippen molar-refractivity contribution in [3.05, 3.63) is 96.1 Å². The van der Waals surface area contributed by atoms with Gasteiger partial charge in [-0.15, -0.1) is 0 Å². The number of carbonyl (C=O) groups excluding carboxylic acids is 1. The highest BCUT2D eigenvalue weighted by molar-refractivity contribution is 6.02. The lowest BCUT2D eigenvalue weighted by molar-refractivity contribution is 0.0993. The Hall–Kier alpha value is -3.13. The Morgan fingerprint density at radius 2 is 1.38 bits per heavy atom. The molecule has 0 fully saturated rings. The third kappa shape index (κ3) is 2.63. The van der Waals surface area contributed by atoms with Gasteiger partial charge < -0.3 is 4.98 Å². The first-order chi connectivity index (χ1) is 11.8. The molecule has 0 aliphatic heterocycles. The number of hydrogen-bond donors (Lipinski definition) is 1. The van der Waals surface area contributed by atoms with E-state index in [4.69, 9.17) is 0 Å². The van der Waals surface area contributed by atoms with Crippen molar-refractivity contribution < 1.29 is 4.79 Å². The zero-order valence-corrected chi connectivity index (χ0v) is 13.2. The van der Waals surface area contributed by atoms with Crippen LogP contribution in [0.4, 0.5) is 0 Å². The van der Waals surface area contributed by atoms with Gasteiger partial charge >= 0.3 is 0 Å². The fraction of sp³-hybridized carbons (Fsp3) is 0.0455. The van der Waals surface area contributed by atoms with Gasteiger partial charge in [-0.1, -0.05) is 78.9 Å². The summed E-state index contributed by atoms with van der Waals surface area (Å²) in [5, 5.41) is 1.11. The second-order valence-electron chi connectivity index (χ2n) is 5.86. The molecule has 0 atom stereocenters. The summed E-state index contributed by atoms with van der Waals surface area (Å²) in [6.07, 6.45) is 0.387. The van der Waals surface area contributed by atoms with Crippen molar-refractivity contribution in [2.75, 3.05) is 0 Å². The first-order valence-electron chi connectivity index (χ1n) is 8.06. The van der Waals surface area contributed by atoms with Gasteiger partial charge in [0.15, 0.2) is 5.78 Å². The van der Waals surface area contributed by atoms with Gasteiger partial charge in [-0.05, 0) is 17.2 Å². The third-order valence-corrected chi connectivity index (χ3v) is 4.31. The Morgan fingerprint density at radius 1 is 0.750 bits per heavy atom. The summed E-state index contributed by atoms with van der Waals surface area (Å²) in [5.74, 6) is 0.137. The molecule has 24 heavy (non-hydrogen) atoms. The van der Waals surface area contributed by atoms with Gasteiger partial charge in [0.1, 0.15) is 0 Å². The lowest BCUT2D eigenvalue weighted by Gasteiger charge is -2.05. The molecule has 0 saturated heterocycles. The topological polar surface area (TPSA) is 32.9 Å². The normalized spacial score (nSPS) is 10.8. The predicted octanol–water partition coefficient (Wildman–Crippen LogP) is 5.26. The van der Waals surface area contributed by atoms with Gasteiger partial charge in [-0.3, -0.25) is 4.79 Å². The molecular formula is C22H17NO. The molecule has 0 spiro atoms. The number of aromatic nitrogens is 1. The van der Waals surface area contributed by atoms with Crippen LogP contribution in [0, 0.1) is 0 Å². The van der Waals surface area contributed by atoms with Crippen LogP contribution in [-0.2, 0) is 6.42 Å². The number of para-hydroxylation sites is 1. The minimum absolute atomic E-state index is 0.137. The number of benzene rings is 3. The lowest BCUT2D eigenvalue weighted by Crippen LogP contribution is -2.04. The summed E-state index contributed by atoms with van der Waals surface area (Å²) in [7, 11) is 0. The largest absolute Gasteiger partial charge is 0.354 e. The molecule has 0 bridgehead atoms. The molecule has 0 radical (unpaired) electrons. The van der Waals surface area contributed by atoms with Crippen molar-refractivity contribution in [3.8, 4) is 11.3 Å². The number of aromatic amines is 1. The fourth-order valence-corrected chi connectivity index (χ4v) is 3.12. The van der Waals surface area contributed by atoms with Gasteiger partial charge in [0.2, 0.25) is 0 Å². The Kier molecular flexibility index (Phi) is 3.72. The van der Waals surface area contributed by atoms with Crippen LogP contribution in [0.2, 0.25) is 0 Å². The van der Waals surface area contributed by atoms with Gasteiger partial charge in [-0.2, -0.15) is 0 Å². The molecule has 3 aromatic carbocycles. The van der Waals surface area contributed by atoms with Crippen molar-refractivity contribution in [1.29, 1.82) is 0 Å². The molecule has 2 nitrogen and oxygen atoms in total. The number of carbonyl (C=O) groups is 1. The van der Waals surface area contributed by atoms with E-state index in [1.807, 2.05) is 60.7 Å². The van der Waals surface area contributed by atoms with Crippen LogP contribution in [0.15, 0.2) is 84.9 Å². The average molecular weight is 311 g/mol. The average Bonchev–Trinajstić information content (AvgIpc) is 3.02. The van der Waals surface area contributed by atoms with Gasteiger partial charge in [-0.25, -0.2) is 0 Å². The standard InChI is InChI=1S/C22H17NO/c24-21(16-9-3-1-4-10-16)15-19-18-13-7-8-14-20(18)23-22(19)17-11-5-2-6-12-17/h1-14,23H,15H2. The molecule has 4 aromatic rings. The minimum Gasteiger partial charge on any atom is -0.354 e. The van der Waals surface area contributed by atoms with E-state index in [0.717, 1.165) is 33.3 Å². The van der Waals surface area contributed by atoms with Crippen molar-refractivity contribution in [2.24, 2.45) is 0 Å². The summed E-state index contributed by atoms with van der Waals surface area (Å²) in [6.45, 7) is 0. The van der Waals surface area contributed by atoms with Crippen molar-refractivity contribution in [3.63, 3.8) is 0 Å². The summed E-state index contributed by atoms with van der Waals surface area (Å²) < 4.78 is 0. The van der Waals surface area contributed by atoms with E-state index in [-0.39, 0.29) is 5.78 Å². The molecule has 1 aromatic heterocycles. The molecular weight excluding hydrogens is 294 g/mol. The first-order valence-corrected chi connectivity index (χ1v) is 8.06. The number of nitrogens with one attached hydrogen (secondary N) is 1. The van der Waals surface area contributed by atoms with E-state index in [0.29, 0.717) is 6.42 Å². The quantitative estimate of drug-likeness (QED) is 0.512. The molecule has 0 aliphatic rings. The smallest absolute Gasteiger partial charge is 0.167 e. The van der Waals surface area contributed by atoms with Crippen LogP contribution in [-0.4, -0.2) is 10.8 Å². The van der Waals surface area contributed by atoms with Crippen molar-refractivity contribution >= 4 is 16.7 Å². The second-order valence-corrected chi connectivity index (χ2v) is 5.86. The van der Waals surface area contributed by atoms with Crippen molar-refractivity contribution in [1.82, 2.24) is 4.98 Å². The van der Waals surface area contributed by atoms with Crippen LogP contribution in [0.25, 0.3) is 22.2 Å². The number of hydrogen-bond acceptors (Lipinski definition) is 1. The molecule has 1 N–H and O–H groups in total. The maximum Gasteiger partial charge on any atom is 0.167 e. The van der Waals surface area contributed by atoms with Gasteiger partial charge in [0, 0.05) is 22.9 Å². The van der Waals surface area contributed by atoms with Crippen LogP contribution >= 0.6 is 0 Å². The maximum atomic E-state index is 12.7. The fourth-order valence-electron chi connectivity index (χ4n) is 3.12. The molecule has 0 unspecified atom stereocenters. The molecule has 0 saturated carbocycles. The molecule has 116 valence electrons. The first kappa shape index (κ1) is 14.5. The van der Waals surface area contributed by atoms with Crippen molar-refractivity contribution in [2.45, 2.75) is 6.42 Å². The predicted molar refractivity (Wildman–Crippen MR) is 98.2 cm³/mol. The number of Topliss-reactive ketones (excluding diaryl/α,β-unsaturated/α-hetero) is 1. The Morgan fingerprint density at radius 3 is 2.12 bits per heavy atom. The monoisotopic (exact) mass is 311 g/mol. The van der Waals surface area contributed by atoms with E-state index < -0.39 is 0 Å². The van der Waals surface area contributed by atoms with Gasteiger partial charge in [0.25, 0.3) is 0 Å². The summed E-state index contributed by atoms with van der Waals surface area (Å²) in [5.41, 5.74) is 5.00. The van der Waals surface area contributed by atoms with E-state index in [2.05, 4.69) is 29.2 Å². The highest BCUT2D eigenvalue weighted by Gasteiger charge is 2.16. The Labute approximate surface area is 140 Å². The maximum absolute atomic E-state index is 12.7. The molecule has 4 rings (SSSR count). The Balaban J connectivity index is 1.83. The van der Waals surface area contributed by atoms with E-state index in [1.54, 1.807) is 0 Å². The SMILES string of the molecule is O=C(Cc1c(-c2ccccc2)[nH]c2ccccc12)c1ccccc1. The molecule has 0 aliphatic carbocycles. The van der Waals surface area contributed by atoms with E-state index >= 15 is 0 Å². The second kappa shape index (κ2) is 6.17. The lowest BCUT2D eigenvalue weighted by atomic mass is 9.98. The minimum atomic E-state index is 0.137. The number of H-pyrrole nitrogens is 1. The zero-order valence-electron chi connectivity index (χ0n) is 13.2. The van der Waals surface area contributed by atoms with Gasteiger partial charge in [0.05, 0.1) is 5.69 Å². The molecule has 2 heteroatoms. The highest BCUT2D eigenvalue weighted by atomic mass is 16.1. The summed E-state index contributed by atoms with van der Waals surface area (Å²) in [4.78, 5) is 16.2. The Bertz CT molecular complexity index is 984. The number of rotatable bonds is 4. The summed E-state index contributed by atoms with van der Waals surface area (Å²) in [6, 6.07) is 27.8. The van der Waals surface area contributed by atoms with Crippen LogP contribution in [0.1, 0.15) is 15.9 Å². The van der Waals surface area contributed by atoms with E-state index in [1.165, 1.54) is 0 Å². The molecule has 1 heterocycles. The number of fused-ring (bicyclic) bond motifs is 1. The zero-order chi connectivity index (χ0) is 16.4. The third-order valence-electron chi connectivity index (χ3n) is 4.31. The van der Waals surface area contributed by atoms with E-state index in [9.17, 15) is 4.79 Å². The number of ketones is 1. The van der Waals surface area contributed by atoms with Crippen LogP contribution in [0.5, 0.6) is 0 Å². The summed E-state index contributed by atoms with van der Waals surface area (Å²) >= 11 is 0. The molecule has 0 amide bonds.